The van der Waals surface area contributed by atoms with Crippen LogP contribution in [0.25, 0.3) is 0 Å². The van der Waals surface area contributed by atoms with Crippen LogP contribution in [0.2, 0.25) is 0 Å². The lowest BCUT2D eigenvalue weighted by Gasteiger charge is -2.24. The Hall–Kier alpha value is -0.860. The molecule has 0 aliphatic heterocycles. The molecule has 2 rings (SSSR count). The Bertz CT molecular complexity index is 311. The summed E-state index contributed by atoms with van der Waals surface area (Å²) in [6.45, 7) is 2.00. The number of rotatable bonds is 4. The van der Waals surface area contributed by atoms with Gasteiger partial charge in [0.25, 0.3) is 0 Å². The van der Waals surface area contributed by atoms with E-state index in [9.17, 15) is 0 Å². The van der Waals surface area contributed by atoms with Gasteiger partial charge in [0.15, 0.2) is 0 Å². The summed E-state index contributed by atoms with van der Waals surface area (Å²) >= 11 is 0. The molecule has 2 nitrogen and oxygen atoms in total. The first-order valence-electron chi connectivity index (χ1n) is 5.78. The minimum absolute atomic E-state index is 0.239. The summed E-state index contributed by atoms with van der Waals surface area (Å²) in [7, 11) is 0. The summed E-state index contributed by atoms with van der Waals surface area (Å²) in [6, 6.07) is 8.74. The molecule has 1 aliphatic carbocycles. The second kappa shape index (κ2) is 5.29. The van der Waals surface area contributed by atoms with Crippen molar-refractivity contribution in [3.63, 3.8) is 0 Å². The van der Waals surface area contributed by atoms with Gasteiger partial charge in [-0.05, 0) is 42.9 Å². The number of hydrogen-bond acceptors (Lipinski definition) is 2. The van der Waals surface area contributed by atoms with Crippen molar-refractivity contribution in [1.29, 1.82) is 0 Å². The molecular weight excluding hydrogens is 186 g/mol. The van der Waals surface area contributed by atoms with Crippen molar-refractivity contribution in [2.24, 2.45) is 5.92 Å². The van der Waals surface area contributed by atoms with E-state index in [1.54, 1.807) is 0 Å². The first kappa shape index (κ1) is 10.7. The number of benzene rings is 1. The Morgan fingerprint density at radius 1 is 1.27 bits per heavy atom. The second-order valence-corrected chi connectivity index (χ2v) is 4.31. The predicted molar refractivity (Wildman–Crippen MR) is 61.9 cm³/mol. The lowest BCUT2D eigenvalue weighted by molar-refractivity contribution is 0.285. The monoisotopic (exact) mass is 205 g/mol. The van der Waals surface area contributed by atoms with Crippen molar-refractivity contribution in [3.05, 3.63) is 35.4 Å². The van der Waals surface area contributed by atoms with Gasteiger partial charge in [-0.15, -0.1) is 0 Å². The highest BCUT2D eigenvalue weighted by molar-refractivity contribution is 5.29. The fourth-order valence-corrected chi connectivity index (χ4v) is 2.33. The zero-order chi connectivity index (χ0) is 10.5. The first-order valence-corrected chi connectivity index (χ1v) is 5.78. The normalized spacial score (nSPS) is 19.9. The Morgan fingerprint density at radius 3 is 2.87 bits per heavy atom. The van der Waals surface area contributed by atoms with Gasteiger partial charge in [0.1, 0.15) is 0 Å². The Morgan fingerprint density at radius 2 is 2.07 bits per heavy atom. The standard InChI is InChI=1S/C13H19NO/c15-8-7-14-10-11-5-6-12-3-1-2-4-13(12)9-11/h1-4,11,14-15H,5-10H2. The van der Waals surface area contributed by atoms with Crippen LogP contribution in [0.4, 0.5) is 0 Å². The van der Waals surface area contributed by atoms with E-state index in [2.05, 4.69) is 29.6 Å². The number of fused-ring (bicyclic) bond motifs is 1. The molecule has 0 saturated carbocycles. The third-order valence-corrected chi connectivity index (χ3v) is 3.17. The minimum Gasteiger partial charge on any atom is -0.395 e. The molecule has 2 N–H and O–H groups in total. The third kappa shape index (κ3) is 2.80. The lowest BCUT2D eigenvalue weighted by Crippen LogP contribution is -2.29. The van der Waals surface area contributed by atoms with E-state index in [1.807, 2.05) is 0 Å². The van der Waals surface area contributed by atoms with Crippen molar-refractivity contribution in [1.82, 2.24) is 5.32 Å². The van der Waals surface area contributed by atoms with Crippen LogP contribution in [-0.4, -0.2) is 24.8 Å². The topological polar surface area (TPSA) is 32.3 Å². The zero-order valence-electron chi connectivity index (χ0n) is 9.08. The number of aliphatic hydroxyl groups is 1. The molecule has 0 spiro atoms. The molecule has 1 aromatic rings. The van der Waals surface area contributed by atoms with Crippen molar-refractivity contribution in [2.75, 3.05) is 19.7 Å². The average molecular weight is 205 g/mol. The summed E-state index contributed by atoms with van der Waals surface area (Å²) in [5, 5.41) is 12.0. The molecular formula is C13H19NO. The summed E-state index contributed by atoms with van der Waals surface area (Å²) in [4.78, 5) is 0. The van der Waals surface area contributed by atoms with E-state index in [0.717, 1.165) is 19.0 Å². The van der Waals surface area contributed by atoms with Crippen LogP contribution in [0.15, 0.2) is 24.3 Å². The molecule has 1 aliphatic rings. The SMILES string of the molecule is OCCNCC1CCc2ccccc2C1. The Kier molecular flexibility index (Phi) is 3.75. The number of hydrogen-bond donors (Lipinski definition) is 2. The molecule has 0 aromatic heterocycles. The maximum Gasteiger partial charge on any atom is 0.0555 e. The molecule has 82 valence electrons. The maximum atomic E-state index is 8.69. The quantitative estimate of drug-likeness (QED) is 0.728. The largest absolute Gasteiger partial charge is 0.395 e. The molecule has 1 unspecified atom stereocenters. The van der Waals surface area contributed by atoms with Crippen LogP contribution < -0.4 is 5.32 Å². The van der Waals surface area contributed by atoms with Crippen molar-refractivity contribution >= 4 is 0 Å². The van der Waals surface area contributed by atoms with E-state index in [0.29, 0.717) is 0 Å². The van der Waals surface area contributed by atoms with Crippen LogP contribution in [0, 0.1) is 5.92 Å². The van der Waals surface area contributed by atoms with Crippen molar-refractivity contribution < 1.29 is 5.11 Å². The van der Waals surface area contributed by atoms with E-state index < -0.39 is 0 Å². The summed E-state index contributed by atoms with van der Waals surface area (Å²) < 4.78 is 0. The van der Waals surface area contributed by atoms with Gasteiger partial charge in [-0.2, -0.15) is 0 Å². The van der Waals surface area contributed by atoms with Crippen LogP contribution in [0.1, 0.15) is 17.5 Å². The highest BCUT2D eigenvalue weighted by Crippen LogP contribution is 2.24. The number of nitrogens with one attached hydrogen (secondary N) is 1. The van der Waals surface area contributed by atoms with Gasteiger partial charge >= 0.3 is 0 Å². The predicted octanol–water partition coefficient (Wildman–Crippen LogP) is 1.37. The molecule has 2 heteroatoms. The Labute approximate surface area is 91.3 Å². The smallest absolute Gasteiger partial charge is 0.0555 e. The molecule has 0 fully saturated rings. The summed E-state index contributed by atoms with van der Waals surface area (Å²) in [6.07, 6.45) is 3.67. The molecule has 0 radical (unpaired) electrons. The minimum atomic E-state index is 0.239. The Balaban J connectivity index is 1.88. The molecule has 0 bridgehead atoms. The average Bonchev–Trinajstić information content (AvgIpc) is 2.29. The number of aliphatic hydroxyl groups excluding tert-OH is 1. The van der Waals surface area contributed by atoms with Gasteiger partial charge in [-0.1, -0.05) is 24.3 Å². The summed E-state index contributed by atoms with van der Waals surface area (Å²) in [5.41, 5.74) is 3.04. The van der Waals surface area contributed by atoms with Crippen molar-refractivity contribution in [2.45, 2.75) is 19.3 Å². The molecule has 1 aromatic carbocycles. The zero-order valence-corrected chi connectivity index (χ0v) is 9.08. The van der Waals surface area contributed by atoms with Gasteiger partial charge in [0.05, 0.1) is 6.61 Å². The third-order valence-electron chi connectivity index (χ3n) is 3.17. The maximum absolute atomic E-state index is 8.69. The molecule has 0 saturated heterocycles. The molecule has 0 amide bonds. The lowest BCUT2D eigenvalue weighted by atomic mass is 9.84. The van der Waals surface area contributed by atoms with Crippen LogP contribution >= 0.6 is 0 Å². The van der Waals surface area contributed by atoms with Gasteiger partial charge in [-0.3, -0.25) is 0 Å². The van der Waals surface area contributed by atoms with Crippen LogP contribution in [0.3, 0.4) is 0 Å². The summed E-state index contributed by atoms with van der Waals surface area (Å²) in [5.74, 6) is 0.742. The van der Waals surface area contributed by atoms with E-state index in [4.69, 9.17) is 5.11 Å². The first-order chi connectivity index (χ1) is 7.40. The molecule has 1 atom stereocenters. The van der Waals surface area contributed by atoms with Crippen LogP contribution in [0.5, 0.6) is 0 Å². The van der Waals surface area contributed by atoms with E-state index >= 15 is 0 Å². The second-order valence-electron chi connectivity index (χ2n) is 4.31. The van der Waals surface area contributed by atoms with Gasteiger partial charge in [0.2, 0.25) is 0 Å². The molecule has 15 heavy (non-hydrogen) atoms. The van der Waals surface area contributed by atoms with E-state index in [1.165, 1.54) is 30.4 Å². The van der Waals surface area contributed by atoms with Gasteiger partial charge < -0.3 is 10.4 Å². The van der Waals surface area contributed by atoms with Gasteiger partial charge in [-0.25, -0.2) is 0 Å². The van der Waals surface area contributed by atoms with E-state index in [-0.39, 0.29) is 6.61 Å². The fraction of sp³-hybridized carbons (Fsp3) is 0.538. The van der Waals surface area contributed by atoms with Gasteiger partial charge in [0, 0.05) is 6.54 Å². The highest BCUT2D eigenvalue weighted by atomic mass is 16.3. The molecule has 0 heterocycles. The van der Waals surface area contributed by atoms with Crippen molar-refractivity contribution in [3.8, 4) is 0 Å². The number of aryl methyl sites for hydroxylation is 1. The highest BCUT2D eigenvalue weighted by Gasteiger charge is 2.17. The fourth-order valence-electron chi connectivity index (χ4n) is 2.33. The van der Waals surface area contributed by atoms with Crippen LogP contribution in [-0.2, 0) is 12.8 Å².